The average molecular weight is 426 g/mol. The van der Waals surface area contributed by atoms with Crippen molar-refractivity contribution in [2.45, 2.75) is 32.6 Å². The Kier molecular flexibility index (Phi) is 7.50. The second-order valence-corrected chi connectivity index (χ2v) is 8.39. The Bertz CT molecular complexity index is 958. The second-order valence-electron chi connectivity index (χ2n) is 8.39. The maximum atomic E-state index is 12.6. The highest BCUT2D eigenvalue weighted by atomic mass is 16.5. The van der Waals surface area contributed by atoms with E-state index in [1.807, 2.05) is 24.3 Å². The molecular formula is C24H31N3O4. The molecule has 0 unspecified atom stereocenters. The first-order chi connectivity index (χ1) is 14.8. The summed E-state index contributed by atoms with van der Waals surface area (Å²) in [4.78, 5) is 38.7. The van der Waals surface area contributed by atoms with Gasteiger partial charge in [0.15, 0.2) is 6.61 Å². The van der Waals surface area contributed by atoms with Crippen molar-refractivity contribution in [2.24, 2.45) is 13.0 Å². The maximum absolute atomic E-state index is 12.6. The molecule has 0 atom stereocenters. The summed E-state index contributed by atoms with van der Waals surface area (Å²) in [6.45, 7) is 5.96. The maximum Gasteiger partial charge on any atom is 0.263 e. The third-order valence-electron chi connectivity index (χ3n) is 5.76. The van der Waals surface area contributed by atoms with Gasteiger partial charge in [-0.2, -0.15) is 0 Å². The summed E-state index contributed by atoms with van der Waals surface area (Å²) in [5.41, 5.74) is 1.16. The van der Waals surface area contributed by atoms with Crippen LogP contribution in [0.1, 0.15) is 48.5 Å². The number of hydrogen-bond acceptors (Lipinski definition) is 4. The number of carbonyl (C=O) groups is 2. The van der Waals surface area contributed by atoms with E-state index in [-0.39, 0.29) is 29.5 Å². The summed E-state index contributed by atoms with van der Waals surface area (Å²) in [5.74, 6) is 1.06. The van der Waals surface area contributed by atoms with Gasteiger partial charge in [0.1, 0.15) is 11.3 Å². The first-order valence-corrected chi connectivity index (χ1v) is 10.8. The number of ether oxygens (including phenoxy) is 1. The minimum absolute atomic E-state index is 0.0182. The highest BCUT2D eigenvalue weighted by Gasteiger charge is 2.25. The Hall–Kier alpha value is -3.09. The largest absolute Gasteiger partial charge is 0.484 e. The van der Waals surface area contributed by atoms with Crippen LogP contribution in [0.25, 0.3) is 0 Å². The molecule has 1 saturated heterocycles. The van der Waals surface area contributed by atoms with Crippen LogP contribution < -0.4 is 15.6 Å². The summed E-state index contributed by atoms with van der Waals surface area (Å²) >= 11 is 0. The van der Waals surface area contributed by atoms with Gasteiger partial charge in [-0.25, -0.2) is 0 Å². The van der Waals surface area contributed by atoms with Crippen molar-refractivity contribution in [2.75, 3.05) is 26.2 Å². The predicted molar refractivity (Wildman–Crippen MR) is 119 cm³/mol. The first kappa shape index (κ1) is 22.6. The van der Waals surface area contributed by atoms with Gasteiger partial charge in [0.05, 0.1) is 0 Å². The zero-order valence-electron chi connectivity index (χ0n) is 18.5. The summed E-state index contributed by atoms with van der Waals surface area (Å²) in [7, 11) is 1.64. The number of hydrogen-bond donors (Lipinski definition) is 1. The van der Waals surface area contributed by atoms with E-state index in [9.17, 15) is 14.4 Å². The zero-order valence-corrected chi connectivity index (χ0v) is 18.5. The second kappa shape index (κ2) is 10.3. The third kappa shape index (κ3) is 5.96. The molecule has 1 fully saturated rings. The van der Waals surface area contributed by atoms with Crippen molar-refractivity contribution in [1.82, 2.24) is 14.8 Å². The number of amides is 2. The average Bonchev–Trinajstić information content (AvgIpc) is 2.78. The number of nitrogens with one attached hydrogen (secondary N) is 1. The van der Waals surface area contributed by atoms with E-state index in [4.69, 9.17) is 4.74 Å². The topological polar surface area (TPSA) is 80.6 Å². The van der Waals surface area contributed by atoms with Crippen LogP contribution >= 0.6 is 0 Å². The molecule has 0 aliphatic carbocycles. The molecular weight excluding hydrogens is 394 g/mol. The molecule has 166 valence electrons. The molecule has 31 heavy (non-hydrogen) atoms. The van der Waals surface area contributed by atoms with Crippen LogP contribution in [0.3, 0.4) is 0 Å². The van der Waals surface area contributed by atoms with Crippen molar-refractivity contribution in [3.05, 3.63) is 64.1 Å². The lowest BCUT2D eigenvalue weighted by molar-refractivity contribution is -0.123. The molecule has 3 rings (SSSR count). The molecule has 2 aromatic rings. The molecule has 0 saturated carbocycles. The van der Waals surface area contributed by atoms with Gasteiger partial charge in [0.2, 0.25) is 0 Å². The van der Waals surface area contributed by atoms with Crippen molar-refractivity contribution < 1.29 is 14.3 Å². The van der Waals surface area contributed by atoms with Gasteiger partial charge in [-0.3, -0.25) is 14.4 Å². The molecule has 2 heterocycles. The SMILES string of the molecule is CC(C)c1ccc(OCC(=O)NCC2CCN(C(=O)c3cccn(C)c3=O)CC2)cc1. The van der Waals surface area contributed by atoms with Gasteiger partial charge in [-0.1, -0.05) is 26.0 Å². The van der Waals surface area contributed by atoms with E-state index >= 15 is 0 Å². The van der Waals surface area contributed by atoms with E-state index in [2.05, 4.69) is 19.2 Å². The number of carbonyl (C=O) groups excluding carboxylic acids is 2. The number of rotatable bonds is 7. The van der Waals surface area contributed by atoms with Crippen molar-refractivity contribution in [1.29, 1.82) is 0 Å². The Morgan fingerprint density at radius 1 is 1.13 bits per heavy atom. The predicted octanol–water partition coefficient (Wildman–Crippen LogP) is 2.56. The number of nitrogens with zero attached hydrogens (tertiary/aromatic N) is 2. The van der Waals surface area contributed by atoms with Crippen LogP contribution in [0.5, 0.6) is 5.75 Å². The monoisotopic (exact) mass is 425 g/mol. The molecule has 2 amide bonds. The lowest BCUT2D eigenvalue weighted by Gasteiger charge is -2.32. The minimum Gasteiger partial charge on any atom is -0.484 e. The molecule has 7 nitrogen and oxygen atoms in total. The molecule has 1 aromatic heterocycles. The van der Waals surface area contributed by atoms with Gasteiger partial charge >= 0.3 is 0 Å². The number of likely N-dealkylation sites (tertiary alicyclic amines) is 1. The van der Waals surface area contributed by atoms with E-state index in [1.165, 1.54) is 10.1 Å². The fourth-order valence-electron chi connectivity index (χ4n) is 3.68. The highest BCUT2D eigenvalue weighted by molar-refractivity contribution is 5.93. The Morgan fingerprint density at radius 3 is 2.45 bits per heavy atom. The van der Waals surface area contributed by atoms with E-state index in [0.717, 1.165) is 12.8 Å². The molecule has 0 radical (unpaired) electrons. The van der Waals surface area contributed by atoms with Gasteiger partial charge in [-0.05, 0) is 54.5 Å². The fraction of sp³-hybridized carbons (Fsp3) is 0.458. The number of piperidine rings is 1. The van der Waals surface area contributed by atoms with Gasteiger partial charge in [0, 0.05) is 32.9 Å². The quantitative estimate of drug-likeness (QED) is 0.739. The van der Waals surface area contributed by atoms with Crippen molar-refractivity contribution >= 4 is 11.8 Å². The van der Waals surface area contributed by atoms with Crippen LogP contribution in [0, 0.1) is 5.92 Å². The smallest absolute Gasteiger partial charge is 0.263 e. The Labute approximate surface area is 183 Å². The number of aryl methyl sites for hydroxylation is 1. The molecule has 1 aliphatic rings. The standard InChI is InChI=1S/C24H31N3O4/c1-17(2)19-6-8-20(9-7-19)31-16-22(28)25-15-18-10-13-27(14-11-18)24(30)21-5-4-12-26(3)23(21)29/h4-9,12,17-18H,10-11,13-16H2,1-3H3,(H,25,28). The summed E-state index contributed by atoms with van der Waals surface area (Å²) in [6.07, 6.45) is 3.21. The number of pyridine rings is 1. The first-order valence-electron chi connectivity index (χ1n) is 10.8. The van der Waals surface area contributed by atoms with Crippen molar-refractivity contribution in [3.8, 4) is 5.75 Å². The van der Waals surface area contributed by atoms with E-state index < -0.39 is 0 Å². The number of benzene rings is 1. The number of aromatic nitrogens is 1. The normalized spacial score (nSPS) is 14.5. The Morgan fingerprint density at radius 2 is 1.81 bits per heavy atom. The highest BCUT2D eigenvalue weighted by Crippen LogP contribution is 2.19. The fourth-order valence-corrected chi connectivity index (χ4v) is 3.68. The van der Waals surface area contributed by atoms with Crippen LogP contribution in [-0.2, 0) is 11.8 Å². The van der Waals surface area contributed by atoms with Crippen molar-refractivity contribution in [3.63, 3.8) is 0 Å². The van der Waals surface area contributed by atoms with Gasteiger partial charge in [-0.15, -0.1) is 0 Å². The summed E-state index contributed by atoms with van der Waals surface area (Å²) in [5, 5.41) is 2.92. The lowest BCUT2D eigenvalue weighted by Crippen LogP contribution is -2.43. The molecule has 1 N–H and O–H groups in total. The Balaban J connectivity index is 1.39. The van der Waals surface area contributed by atoms with Crippen LogP contribution in [-0.4, -0.2) is 47.5 Å². The van der Waals surface area contributed by atoms with Gasteiger partial charge < -0.3 is 19.5 Å². The minimum atomic E-state index is -0.277. The lowest BCUT2D eigenvalue weighted by atomic mass is 9.96. The van der Waals surface area contributed by atoms with Crippen LogP contribution in [0.2, 0.25) is 0 Å². The van der Waals surface area contributed by atoms with Gasteiger partial charge in [0.25, 0.3) is 17.4 Å². The third-order valence-corrected chi connectivity index (χ3v) is 5.76. The van der Waals surface area contributed by atoms with Crippen LogP contribution in [0.15, 0.2) is 47.4 Å². The molecule has 7 heteroatoms. The summed E-state index contributed by atoms with van der Waals surface area (Å²) < 4.78 is 6.98. The molecule has 0 spiro atoms. The van der Waals surface area contributed by atoms with Crippen LogP contribution in [0.4, 0.5) is 0 Å². The molecule has 0 bridgehead atoms. The molecule has 1 aromatic carbocycles. The summed E-state index contributed by atoms with van der Waals surface area (Å²) in [6, 6.07) is 11.1. The molecule has 1 aliphatic heterocycles. The van der Waals surface area contributed by atoms with E-state index in [0.29, 0.717) is 37.2 Å². The zero-order chi connectivity index (χ0) is 22.4. The van der Waals surface area contributed by atoms with E-state index in [1.54, 1.807) is 30.3 Å².